The summed E-state index contributed by atoms with van der Waals surface area (Å²) in [7, 11) is 1.27. The molecule has 0 aromatic carbocycles. The molecule has 1 aromatic heterocycles. The van der Waals surface area contributed by atoms with Gasteiger partial charge in [0.1, 0.15) is 18.2 Å². The number of nitrogens with one attached hydrogen (secondary N) is 1. The van der Waals surface area contributed by atoms with Gasteiger partial charge in [-0.2, -0.15) is 0 Å². The lowest BCUT2D eigenvalue weighted by atomic mass is 10.2. The van der Waals surface area contributed by atoms with Gasteiger partial charge in [-0.05, 0) is 5.92 Å². The molecular weight excluding hydrogens is 260 g/mol. The van der Waals surface area contributed by atoms with Gasteiger partial charge in [0.2, 0.25) is 5.91 Å². The fourth-order valence-electron chi connectivity index (χ4n) is 1.72. The number of rotatable bonds is 6. The van der Waals surface area contributed by atoms with E-state index in [1.54, 1.807) is 4.57 Å². The number of esters is 1. The van der Waals surface area contributed by atoms with Crippen LogP contribution in [0.3, 0.4) is 0 Å². The molecule has 0 aliphatic rings. The minimum atomic E-state index is -0.599. The van der Waals surface area contributed by atoms with Crippen LogP contribution in [0.4, 0.5) is 5.82 Å². The Hall–Kier alpha value is -2.05. The van der Waals surface area contributed by atoms with Crippen molar-refractivity contribution in [2.24, 2.45) is 5.92 Å². The Morgan fingerprint density at radius 3 is 2.60 bits per heavy atom. The summed E-state index contributed by atoms with van der Waals surface area (Å²) < 4.78 is 6.16. The van der Waals surface area contributed by atoms with Crippen LogP contribution in [-0.2, 0) is 22.5 Å². The molecule has 0 radical (unpaired) electrons. The van der Waals surface area contributed by atoms with Crippen molar-refractivity contribution in [1.29, 1.82) is 0 Å². The molecule has 0 unspecified atom stereocenters. The van der Waals surface area contributed by atoms with Crippen molar-refractivity contribution in [1.82, 2.24) is 14.9 Å². The number of anilines is 1. The number of carbonyl (C=O) groups excluding carboxylic acids is 2. The number of imidazole rings is 1. The van der Waals surface area contributed by atoms with Crippen LogP contribution in [0, 0.1) is 5.92 Å². The molecule has 0 atom stereocenters. The summed E-state index contributed by atoms with van der Waals surface area (Å²) in [6.45, 7) is 6.55. The van der Waals surface area contributed by atoms with Crippen LogP contribution in [0.15, 0.2) is 0 Å². The first-order valence-corrected chi connectivity index (χ1v) is 6.60. The molecule has 0 spiro atoms. The van der Waals surface area contributed by atoms with E-state index >= 15 is 0 Å². The van der Waals surface area contributed by atoms with E-state index in [4.69, 9.17) is 5.73 Å². The van der Waals surface area contributed by atoms with Crippen molar-refractivity contribution >= 4 is 17.7 Å². The minimum Gasteiger partial charge on any atom is -0.464 e. The summed E-state index contributed by atoms with van der Waals surface area (Å²) in [5.74, 6) is 0.360. The second kappa shape index (κ2) is 6.93. The van der Waals surface area contributed by atoms with Gasteiger partial charge in [0, 0.05) is 13.0 Å². The van der Waals surface area contributed by atoms with E-state index in [0.29, 0.717) is 24.7 Å². The number of methoxy groups -OCH3 is 1. The van der Waals surface area contributed by atoms with Crippen LogP contribution in [0.25, 0.3) is 0 Å². The number of aryl methyl sites for hydroxylation is 1. The number of nitrogens with zero attached hydrogens (tertiary/aromatic N) is 2. The van der Waals surface area contributed by atoms with Crippen LogP contribution < -0.4 is 11.1 Å². The largest absolute Gasteiger partial charge is 0.464 e. The Bertz CT molecular complexity index is 494. The number of amides is 1. The van der Waals surface area contributed by atoms with Gasteiger partial charge >= 0.3 is 5.97 Å². The molecule has 0 bridgehead atoms. The highest BCUT2D eigenvalue weighted by Gasteiger charge is 2.21. The third-order valence-corrected chi connectivity index (χ3v) is 2.79. The molecule has 1 aromatic rings. The van der Waals surface area contributed by atoms with Crippen molar-refractivity contribution in [2.45, 2.75) is 33.7 Å². The number of hydrogen-bond donors (Lipinski definition) is 2. The SMILES string of the molecule is CCc1nc(C(=O)OC)c(N)n1CC(=O)NCC(C)C. The van der Waals surface area contributed by atoms with E-state index in [1.165, 1.54) is 7.11 Å². The van der Waals surface area contributed by atoms with Crippen molar-refractivity contribution in [3.8, 4) is 0 Å². The third kappa shape index (κ3) is 3.72. The number of nitrogens with two attached hydrogens (primary N) is 1. The minimum absolute atomic E-state index is 0.0473. The molecule has 7 nitrogen and oxygen atoms in total. The smallest absolute Gasteiger partial charge is 0.360 e. The van der Waals surface area contributed by atoms with Crippen LogP contribution in [-0.4, -0.2) is 35.1 Å². The lowest BCUT2D eigenvalue weighted by Gasteiger charge is -2.11. The molecule has 0 aliphatic heterocycles. The zero-order chi connectivity index (χ0) is 15.3. The first kappa shape index (κ1) is 16.0. The second-order valence-corrected chi connectivity index (χ2v) is 4.89. The van der Waals surface area contributed by atoms with E-state index in [-0.39, 0.29) is 24.0 Å². The summed E-state index contributed by atoms with van der Waals surface area (Å²) >= 11 is 0. The van der Waals surface area contributed by atoms with E-state index in [9.17, 15) is 9.59 Å². The standard InChI is InChI=1S/C13H22N4O3/c1-5-9-16-11(13(19)20-4)12(14)17(9)7-10(18)15-6-8(2)3/h8H,5-7,14H2,1-4H3,(H,15,18). The first-order chi connectivity index (χ1) is 9.40. The maximum absolute atomic E-state index is 11.9. The zero-order valence-electron chi connectivity index (χ0n) is 12.4. The Morgan fingerprint density at radius 1 is 1.45 bits per heavy atom. The Kier molecular flexibility index (Phi) is 5.54. The summed E-state index contributed by atoms with van der Waals surface area (Å²) in [5, 5.41) is 2.80. The van der Waals surface area contributed by atoms with Gasteiger partial charge in [0.05, 0.1) is 7.11 Å². The van der Waals surface area contributed by atoms with Gasteiger partial charge in [-0.15, -0.1) is 0 Å². The quantitative estimate of drug-likeness (QED) is 0.744. The van der Waals surface area contributed by atoms with Gasteiger partial charge in [0.25, 0.3) is 0 Å². The summed E-state index contributed by atoms with van der Waals surface area (Å²) in [6, 6.07) is 0. The number of hydrogen-bond acceptors (Lipinski definition) is 5. The molecule has 0 aliphatic carbocycles. The highest BCUT2D eigenvalue weighted by atomic mass is 16.5. The van der Waals surface area contributed by atoms with E-state index in [0.717, 1.165) is 0 Å². The van der Waals surface area contributed by atoms with Gasteiger partial charge in [-0.25, -0.2) is 9.78 Å². The van der Waals surface area contributed by atoms with Gasteiger partial charge in [-0.3, -0.25) is 4.79 Å². The molecule has 1 heterocycles. The Balaban J connectivity index is 2.91. The zero-order valence-corrected chi connectivity index (χ0v) is 12.4. The molecule has 3 N–H and O–H groups in total. The summed E-state index contributed by atoms with van der Waals surface area (Å²) in [5.41, 5.74) is 5.94. The van der Waals surface area contributed by atoms with Gasteiger partial charge in [0.15, 0.2) is 5.69 Å². The lowest BCUT2D eigenvalue weighted by Crippen LogP contribution is -2.31. The molecule has 0 fully saturated rings. The molecule has 112 valence electrons. The molecule has 1 amide bonds. The highest BCUT2D eigenvalue weighted by molar-refractivity contribution is 5.92. The maximum Gasteiger partial charge on any atom is 0.360 e. The Morgan fingerprint density at radius 2 is 2.10 bits per heavy atom. The van der Waals surface area contributed by atoms with Gasteiger partial charge < -0.3 is 20.4 Å². The van der Waals surface area contributed by atoms with Crippen LogP contribution in [0.2, 0.25) is 0 Å². The normalized spacial score (nSPS) is 10.7. The second-order valence-electron chi connectivity index (χ2n) is 4.89. The van der Waals surface area contributed by atoms with Crippen molar-refractivity contribution < 1.29 is 14.3 Å². The van der Waals surface area contributed by atoms with Crippen LogP contribution >= 0.6 is 0 Å². The van der Waals surface area contributed by atoms with Crippen molar-refractivity contribution in [3.05, 3.63) is 11.5 Å². The number of nitrogen functional groups attached to an aromatic ring is 1. The average molecular weight is 282 g/mol. The fourth-order valence-corrected chi connectivity index (χ4v) is 1.72. The number of ether oxygens (including phenoxy) is 1. The average Bonchev–Trinajstić information content (AvgIpc) is 2.72. The van der Waals surface area contributed by atoms with Crippen molar-refractivity contribution in [2.75, 3.05) is 19.4 Å². The Labute approximate surface area is 118 Å². The third-order valence-electron chi connectivity index (χ3n) is 2.79. The van der Waals surface area contributed by atoms with E-state index in [2.05, 4.69) is 15.0 Å². The number of aromatic nitrogens is 2. The fraction of sp³-hybridized carbons (Fsp3) is 0.615. The maximum atomic E-state index is 11.9. The van der Waals surface area contributed by atoms with Gasteiger partial charge in [-0.1, -0.05) is 20.8 Å². The van der Waals surface area contributed by atoms with Crippen LogP contribution in [0.5, 0.6) is 0 Å². The topological polar surface area (TPSA) is 99.2 Å². The molecule has 0 saturated heterocycles. The summed E-state index contributed by atoms with van der Waals surface area (Å²) in [6.07, 6.45) is 0.568. The number of carbonyl (C=O) groups is 2. The van der Waals surface area contributed by atoms with Crippen LogP contribution in [0.1, 0.15) is 37.1 Å². The predicted octanol–water partition coefficient (Wildman–Crippen LogP) is 0.587. The van der Waals surface area contributed by atoms with Crippen molar-refractivity contribution in [3.63, 3.8) is 0 Å². The monoisotopic (exact) mass is 282 g/mol. The molecule has 0 saturated carbocycles. The molecule has 7 heteroatoms. The first-order valence-electron chi connectivity index (χ1n) is 6.60. The van der Waals surface area contributed by atoms with E-state index < -0.39 is 5.97 Å². The molecule has 1 rings (SSSR count). The molecule has 20 heavy (non-hydrogen) atoms. The highest BCUT2D eigenvalue weighted by Crippen LogP contribution is 2.16. The van der Waals surface area contributed by atoms with E-state index in [1.807, 2.05) is 20.8 Å². The predicted molar refractivity (Wildman–Crippen MR) is 75.2 cm³/mol. The molecular formula is C13H22N4O3. The summed E-state index contributed by atoms with van der Waals surface area (Å²) in [4.78, 5) is 27.5. The lowest BCUT2D eigenvalue weighted by molar-refractivity contribution is -0.121.